The molecule has 1 aromatic carbocycles. The monoisotopic (exact) mass is 310 g/mol. The topological polar surface area (TPSA) is 0 Å². The van der Waals surface area contributed by atoms with Gasteiger partial charge in [-0.25, -0.2) is 0 Å². The molecule has 0 nitrogen and oxygen atoms in total. The van der Waals surface area contributed by atoms with Gasteiger partial charge in [0, 0.05) is 0 Å². The Labute approximate surface area is 105 Å². The highest BCUT2D eigenvalue weighted by Gasteiger charge is 2.07. The Kier molecular flexibility index (Phi) is 3.29. The Morgan fingerprint density at radius 3 is 2.40 bits per heavy atom. The van der Waals surface area contributed by atoms with Crippen LogP contribution in [0.4, 0.5) is 0 Å². The minimum atomic E-state index is 1.18. The molecule has 0 atom stereocenters. The maximum atomic E-state index is 2.41. The van der Waals surface area contributed by atoms with Crippen LogP contribution in [0.25, 0.3) is 5.57 Å². The minimum Gasteiger partial charge on any atom is -0.0585 e. The van der Waals surface area contributed by atoms with Crippen LogP contribution in [-0.2, 0) is 0 Å². The molecule has 0 radical (unpaired) electrons. The van der Waals surface area contributed by atoms with Crippen molar-refractivity contribution in [3.8, 4) is 0 Å². The van der Waals surface area contributed by atoms with Gasteiger partial charge in [-0.05, 0) is 75.1 Å². The van der Waals surface area contributed by atoms with E-state index < -0.39 is 0 Å². The van der Waals surface area contributed by atoms with Crippen molar-refractivity contribution >= 4 is 28.2 Å². The minimum absolute atomic E-state index is 1.18. The van der Waals surface area contributed by atoms with Crippen molar-refractivity contribution in [2.45, 2.75) is 26.7 Å². The molecule has 0 heterocycles. The van der Waals surface area contributed by atoms with Crippen molar-refractivity contribution in [3.63, 3.8) is 0 Å². The van der Waals surface area contributed by atoms with Gasteiger partial charge in [-0.2, -0.15) is 0 Å². The molecule has 0 saturated heterocycles. The van der Waals surface area contributed by atoms with E-state index >= 15 is 0 Å². The largest absolute Gasteiger partial charge is 0.0585 e. The SMILES string of the molecule is Cc1ccc(C2=CC=C(I)CC2)cc1C. The van der Waals surface area contributed by atoms with E-state index in [9.17, 15) is 0 Å². The van der Waals surface area contributed by atoms with Crippen molar-refractivity contribution in [2.75, 3.05) is 0 Å². The molecular weight excluding hydrogens is 295 g/mol. The first-order valence-corrected chi connectivity index (χ1v) is 6.37. The number of hydrogen-bond acceptors (Lipinski definition) is 0. The zero-order chi connectivity index (χ0) is 10.8. The second-order valence-corrected chi connectivity index (χ2v) is 5.49. The van der Waals surface area contributed by atoms with E-state index in [2.05, 4.69) is 66.8 Å². The van der Waals surface area contributed by atoms with Crippen LogP contribution in [-0.4, -0.2) is 0 Å². The molecule has 0 N–H and O–H groups in total. The lowest BCUT2D eigenvalue weighted by Crippen LogP contribution is -1.91. The third kappa shape index (κ3) is 2.51. The highest BCUT2D eigenvalue weighted by molar-refractivity contribution is 14.1. The van der Waals surface area contributed by atoms with Gasteiger partial charge in [-0.1, -0.05) is 30.4 Å². The summed E-state index contributed by atoms with van der Waals surface area (Å²) in [5.74, 6) is 0. The highest BCUT2D eigenvalue weighted by atomic mass is 127. The summed E-state index contributed by atoms with van der Waals surface area (Å²) in [4.78, 5) is 0. The molecule has 78 valence electrons. The summed E-state index contributed by atoms with van der Waals surface area (Å²) in [7, 11) is 0. The summed E-state index contributed by atoms with van der Waals surface area (Å²) >= 11 is 2.41. The van der Waals surface area contributed by atoms with Gasteiger partial charge >= 0.3 is 0 Å². The molecule has 0 bridgehead atoms. The summed E-state index contributed by atoms with van der Waals surface area (Å²) in [6.07, 6.45) is 6.86. The normalized spacial score (nSPS) is 15.9. The zero-order valence-electron chi connectivity index (χ0n) is 9.18. The number of benzene rings is 1. The van der Waals surface area contributed by atoms with E-state index in [1.54, 1.807) is 0 Å². The smallest absolute Gasteiger partial charge is 0.00906 e. The van der Waals surface area contributed by atoms with E-state index in [1.807, 2.05) is 0 Å². The number of allylic oxidation sites excluding steroid dienone is 4. The van der Waals surface area contributed by atoms with Crippen molar-refractivity contribution in [1.29, 1.82) is 0 Å². The fraction of sp³-hybridized carbons (Fsp3) is 0.286. The van der Waals surface area contributed by atoms with Crippen molar-refractivity contribution in [3.05, 3.63) is 50.6 Å². The van der Waals surface area contributed by atoms with Crippen LogP contribution in [0, 0.1) is 13.8 Å². The molecule has 0 aromatic heterocycles. The van der Waals surface area contributed by atoms with E-state index in [4.69, 9.17) is 0 Å². The Balaban J connectivity index is 2.35. The van der Waals surface area contributed by atoms with Crippen LogP contribution in [0.1, 0.15) is 29.5 Å². The van der Waals surface area contributed by atoms with Gasteiger partial charge in [0.1, 0.15) is 0 Å². The van der Waals surface area contributed by atoms with Crippen LogP contribution in [0.5, 0.6) is 0 Å². The molecule has 0 amide bonds. The van der Waals surface area contributed by atoms with Crippen LogP contribution >= 0.6 is 22.6 Å². The Morgan fingerprint density at radius 2 is 1.80 bits per heavy atom. The molecule has 15 heavy (non-hydrogen) atoms. The van der Waals surface area contributed by atoms with Gasteiger partial charge in [0.25, 0.3) is 0 Å². The van der Waals surface area contributed by atoms with Crippen molar-refractivity contribution in [2.24, 2.45) is 0 Å². The lowest BCUT2D eigenvalue weighted by molar-refractivity contribution is 1.05. The molecule has 1 aromatic rings. The van der Waals surface area contributed by atoms with E-state index in [0.29, 0.717) is 0 Å². The van der Waals surface area contributed by atoms with E-state index in [0.717, 1.165) is 0 Å². The average molecular weight is 310 g/mol. The van der Waals surface area contributed by atoms with Crippen LogP contribution < -0.4 is 0 Å². The molecule has 0 aliphatic heterocycles. The van der Waals surface area contributed by atoms with Gasteiger partial charge in [0.2, 0.25) is 0 Å². The number of aryl methyl sites for hydroxylation is 2. The van der Waals surface area contributed by atoms with Gasteiger partial charge in [0.05, 0.1) is 0 Å². The zero-order valence-corrected chi connectivity index (χ0v) is 11.3. The molecule has 2 rings (SSSR count). The standard InChI is InChI=1S/C14H15I/c1-10-3-4-13(9-11(10)2)12-5-7-14(15)8-6-12/h3-5,7,9H,6,8H2,1-2H3. The van der Waals surface area contributed by atoms with Gasteiger partial charge < -0.3 is 0 Å². The fourth-order valence-electron chi connectivity index (χ4n) is 1.79. The molecule has 1 aliphatic carbocycles. The van der Waals surface area contributed by atoms with Crippen LogP contribution in [0.15, 0.2) is 33.9 Å². The summed E-state index contributed by atoms with van der Waals surface area (Å²) in [6.45, 7) is 4.35. The predicted octanol–water partition coefficient (Wildman–Crippen LogP) is 4.80. The summed E-state index contributed by atoms with van der Waals surface area (Å²) in [5, 5.41) is 0. The second-order valence-electron chi connectivity index (χ2n) is 4.10. The summed E-state index contributed by atoms with van der Waals surface area (Å²) < 4.78 is 1.46. The quantitative estimate of drug-likeness (QED) is 0.654. The highest BCUT2D eigenvalue weighted by Crippen LogP contribution is 2.30. The predicted molar refractivity (Wildman–Crippen MR) is 75.2 cm³/mol. The first-order valence-electron chi connectivity index (χ1n) is 5.29. The third-order valence-electron chi connectivity index (χ3n) is 2.98. The van der Waals surface area contributed by atoms with Crippen molar-refractivity contribution in [1.82, 2.24) is 0 Å². The molecule has 0 saturated carbocycles. The molecule has 0 spiro atoms. The van der Waals surface area contributed by atoms with E-state index in [1.165, 1.54) is 38.7 Å². The lowest BCUT2D eigenvalue weighted by Gasteiger charge is -2.12. The first-order chi connectivity index (χ1) is 7.16. The summed E-state index contributed by atoms with van der Waals surface area (Å²) in [6, 6.07) is 6.75. The number of hydrogen-bond donors (Lipinski definition) is 0. The molecule has 0 unspecified atom stereocenters. The Morgan fingerprint density at radius 1 is 1.00 bits per heavy atom. The number of halogens is 1. The maximum absolute atomic E-state index is 2.41. The molecule has 1 aliphatic rings. The van der Waals surface area contributed by atoms with Gasteiger partial charge in [-0.3, -0.25) is 0 Å². The molecule has 1 heteroatoms. The van der Waals surface area contributed by atoms with Crippen LogP contribution in [0.3, 0.4) is 0 Å². The van der Waals surface area contributed by atoms with Crippen molar-refractivity contribution < 1.29 is 0 Å². The Hall–Kier alpha value is -0.570. The van der Waals surface area contributed by atoms with Gasteiger partial charge in [0.15, 0.2) is 0 Å². The number of rotatable bonds is 1. The van der Waals surface area contributed by atoms with Gasteiger partial charge in [-0.15, -0.1) is 0 Å². The fourth-order valence-corrected chi connectivity index (χ4v) is 2.24. The lowest BCUT2D eigenvalue weighted by atomic mass is 9.95. The third-order valence-corrected chi connectivity index (χ3v) is 3.88. The van der Waals surface area contributed by atoms with Crippen LogP contribution in [0.2, 0.25) is 0 Å². The first kappa shape index (κ1) is 10.9. The summed E-state index contributed by atoms with van der Waals surface area (Å²) in [5.41, 5.74) is 5.62. The maximum Gasteiger partial charge on any atom is -0.00906 e. The Bertz CT molecular complexity index is 439. The average Bonchev–Trinajstić information content (AvgIpc) is 2.23. The second kappa shape index (κ2) is 4.52. The molecule has 0 fully saturated rings. The van der Waals surface area contributed by atoms with E-state index in [-0.39, 0.29) is 0 Å². The molecular formula is C14H15I.